The standard InChI is InChI=1S/C9H13O3P.2ClH.2Mg/c1-2-3-8-4-6-9(7-5-8)13(10,11)12;;;;/h4-7H,2-3H2,1H3,(H2,10,11,12);2*1H;;/q;;;2*+2/p-4. The summed E-state index contributed by atoms with van der Waals surface area (Å²) in [5, 5.41) is -0.132. The normalized spacial score (nSPS) is 8.88. The minimum Gasteiger partial charge on any atom is -1.00 e. The molecule has 1 rings (SSSR count). The molecule has 0 saturated carbocycles. The van der Waals surface area contributed by atoms with Gasteiger partial charge in [-0.3, -0.25) is 0 Å². The van der Waals surface area contributed by atoms with Crippen LogP contribution in [0.5, 0.6) is 0 Å². The van der Waals surface area contributed by atoms with Gasteiger partial charge >= 0.3 is 46.1 Å². The van der Waals surface area contributed by atoms with Gasteiger partial charge in [-0.2, -0.15) is 0 Å². The van der Waals surface area contributed by atoms with Gasteiger partial charge in [0.15, 0.2) is 0 Å². The van der Waals surface area contributed by atoms with Gasteiger partial charge in [0.05, 0.1) is 0 Å². The Morgan fingerprint density at radius 1 is 1.06 bits per heavy atom. The van der Waals surface area contributed by atoms with Crippen molar-refractivity contribution in [3.63, 3.8) is 0 Å². The predicted molar refractivity (Wildman–Crippen MR) is 59.2 cm³/mol. The summed E-state index contributed by atoms with van der Waals surface area (Å²) in [5.41, 5.74) is 1.06. The summed E-state index contributed by atoms with van der Waals surface area (Å²) in [5.74, 6) is 0. The Bertz CT molecular complexity index is 330. The summed E-state index contributed by atoms with van der Waals surface area (Å²) >= 11 is 0. The van der Waals surface area contributed by atoms with Crippen LogP contribution in [0.2, 0.25) is 0 Å². The molecular weight excluding hydrogens is 307 g/mol. The average molecular weight is 318 g/mol. The first kappa shape index (κ1) is 26.9. The molecule has 0 saturated heterocycles. The van der Waals surface area contributed by atoms with Crippen molar-refractivity contribution in [1.82, 2.24) is 0 Å². The van der Waals surface area contributed by atoms with Crippen LogP contribution in [-0.4, -0.2) is 46.1 Å². The molecule has 0 atom stereocenters. The Balaban J connectivity index is -0.000000211. The molecule has 0 aromatic heterocycles. The van der Waals surface area contributed by atoms with E-state index in [0.717, 1.165) is 18.4 Å². The zero-order valence-corrected chi connectivity index (χ0v) is 14.8. The predicted octanol–water partition coefficient (Wildman–Crippen LogP) is -6.58. The molecule has 0 N–H and O–H groups in total. The molecule has 0 bridgehead atoms. The molecule has 1 aromatic carbocycles. The van der Waals surface area contributed by atoms with Gasteiger partial charge in [0.1, 0.15) is 0 Å². The summed E-state index contributed by atoms with van der Waals surface area (Å²) < 4.78 is 10.6. The number of aryl methyl sites for hydroxylation is 1. The van der Waals surface area contributed by atoms with E-state index in [1.807, 2.05) is 6.92 Å². The molecule has 0 spiro atoms. The molecular formula is C9H11Cl2Mg2O3P. The van der Waals surface area contributed by atoms with Crippen LogP contribution in [0.25, 0.3) is 0 Å². The summed E-state index contributed by atoms with van der Waals surface area (Å²) in [6.45, 7) is 2.04. The van der Waals surface area contributed by atoms with E-state index in [9.17, 15) is 14.4 Å². The number of hydrogen-bond donors (Lipinski definition) is 0. The van der Waals surface area contributed by atoms with Gasteiger partial charge < -0.3 is 39.2 Å². The van der Waals surface area contributed by atoms with Crippen molar-refractivity contribution in [2.45, 2.75) is 19.8 Å². The third-order valence-electron chi connectivity index (χ3n) is 1.79. The molecule has 0 amide bonds. The van der Waals surface area contributed by atoms with Crippen molar-refractivity contribution in [1.29, 1.82) is 0 Å². The van der Waals surface area contributed by atoms with Crippen molar-refractivity contribution in [3.05, 3.63) is 29.8 Å². The molecule has 0 aliphatic rings. The third-order valence-corrected chi connectivity index (χ3v) is 2.72. The van der Waals surface area contributed by atoms with E-state index in [2.05, 4.69) is 0 Å². The van der Waals surface area contributed by atoms with Crippen LogP contribution in [0.15, 0.2) is 24.3 Å². The number of rotatable bonds is 3. The van der Waals surface area contributed by atoms with Gasteiger partial charge in [0.25, 0.3) is 0 Å². The van der Waals surface area contributed by atoms with Crippen molar-refractivity contribution in [2.75, 3.05) is 0 Å². The Hall–Kier alpha value is 1.48. The van der Waals surface area contributed by atoms with E-state index in [1.54, 1.807) is 12.1 Å². The topological polar surface area (TPSA) is 63.2 Å². The fraction of sp³-hybridized carbons (Fsp3) is 0.333. The molecule has 0 aliphatic carbocycles. The number of hydrogen-bond acceptors (Lipinski definition) is 3. The summed E-state index contributed by atoms with van der Waals surface area (Å²) in [6.07, 6.45) is 1.91. The Labute approximate surface area is 146 Å². The summed E-state index contributed by atoms with van der Waals surface area (Å²) in [6, 6.07) is 6.10. The quantitative estimate of drug-likeness (QED) is 0.411. The maximum absolute atomic E-state index is 10.6. The molecule has 0 radical (unpaired) electrons. The zero-order chi connectivity index (χ0) is 9.90. The SMILES string of the molecule is CCCc1ccc(P(=O)([O-])[O-])cc1.[Cl-].[Cl-].[Mg+2].[Mg+2]. The van der Waals surface area contributed by atoms with Gasteiger partial charge in [0.2, 0.25) is 0 Å². The maximum Gasteiger partial charge on any atom is 2.00 e. The van der Waals surface area contributed by atoms with Crippen molar-refractivity contribution >= 4 is 59.0 Å². The first-order valence-corrected chi connectivity index (χ1v) is 5.70. The van der Waals surface area contributed by atoms with Gasteiger partial charge in [-0.15, -0.1) is 0 Å². The second kappa shape index (κ2) is 12.5. The fourth-order valence-corrected chi connectivity index (χ4v) is 1.65. The first-order valence-electron chi connectivity index (χ1n) is 4.15. The van der Waals surface area contributed by atoms with E-state index in [0.29, 0.717) is 0 Å². The van der Waals surface area contributed by atoms with E-state index in [4.69, 9.17) is 0 Å². The monoisotopic (exact) mass is 316 g/mol. The third kappa shape index (κ3) is 9.99. The molecule has 0 heterocycles. The van der Waals surface area contributed by atoms with E-state index in [1.165, 1.54) is 12.1 Å². The number of benzene rings is 1. The van der Waals surface area contributed by atoms with Crippen molar-refractivity contribution in [3.8, 4) is 0 Å². The Morgan fingerprint density at radius 3 is 1.76 bits per heavy atom. The maximum atomic E-state index is 10.6. The average Bonchev–Trinajstić information content (AvgIpc) is 2.04. The molecule has 1 aromatic rings. The van der Waals surface area contributed by atoms with Crippen LogP contribution in [0.3, 0.4) is 0 Å². The van der Waals surface area contributed by atoms with Crippen molar-refractivity contribution < 1.29 is 39.2 Å². The molecule has 8 heteroatoms. The summed E-state index contributed by atoms with van der Waals surface area (Å²) in [7, 11) is -4.56. The second-order valence-corrected chi connectivity index (χ2v) is 4.43. The van der Waals surface area contributed by atoms with Crippen LogP contribution in [0, 0.1) is 0 Å². The molecule has 0 aliphatic heterocycles. The van der Waals surface area contributed by atoms with Crippen LogP contribution < -0.4 is 39.9 Å². The van der Waals surface area contributed by atoms with E-state index >= 15 is 0 Å². The van der Waals surface area contributed by atoms with Crippen LogP contribution in [0.4, 0.5) is 0 Å². The fourth-order valence-electron chi connectivity index (χ4n) is 1.13. The van der Waals surface area contributed by atoms with E-state index in [-0.39, 0.29) is 76.2 Å². The van der Waals surface area contributed by atoms with Crippen LogP contribution >= 0.6 is 7.60 Å². The van der Waals surface area contributed by atoms with Crippen LogP contribution in [-0.2, 0) is 11.0 Å². The van der Waals surface area contributed by atoms with E-state index < -0.39 is 7.60 Å². The van der Waals surface area contributed by atoms with Gasteiger partial charge in [0, 0.05) is 0 Å². The minimum atomic E-state index is -4.56. The molecule has 88 valence electrons. The Kier molecular flexibility index (Phi) is 19.8. The minimum absolute atomic E-state index is 0. The molecule has 3 nitrogen and oxygen atoms in total. The number of halogens is 2. The van der Waals surface area contributed by atoms with Gasteiger partial charge in [-0.05, 0) is 24.9 Å². The molecule has 17 heavy (non-hydrogen) atoms. The Morgan fingerprint density at radius 2 is 1.47 bits per heavy atom. The smallest absolute Gasteiger partial charge is 1.00 e. The summed E-state index contributed by atoms with van der Waals surface area (Å²) in [4.78, 5) is 21.1. The van der Waals surface area contributed by atoms with Gasteiger partial charge in [-0.25, -0.2) is 0 Å². The largest absolute Gasteiger partial charge is 2.00 e. The second-order valence-electron chi connectivity index (χ2n) is 2.91. The molecule has 0 fully saturated rings. The van der Waals surface area contributed by atoms with Gasteiger partial charge in [-0.1, -0.05) is 37.6 Å². The van der Waals surface area contributed by atoms with Crippen LogP contribution in [0.1, 0.15) is 18.9 Å². The zero-order valence-electron chi connectivity index (χ0n) is 9.57. The van der Waals surface area contributed by atoms with Crippen molar-refractivity contribution in [2.24, 2.45) is 0 Å². The molecule has 0 unspecified atom stereocenters. The first-order chi connectivity index (χ1) is 6.04.